The Labute approximate surface area is 117 Å². The fraction of sp³-hybridized carbons (Fsp3) is 0.167. The summed E-state index contributed by atoms with van der Waals surface area (Å²) in [4.78, 5) is 16.1. The van der Waals surface area contributed by atoms with Gasteiger partial charge in [-0.3, -0.25) is 10.1 Å². The van der Waals surface area contributed by atoms with Gasteiger partial charge in [0.15, 0.2) is 11.2 Å². The predicted molar refractivity (Wildman–Crippen MR) is 74.6 cm³/mol. The maximum absolute atomic E-state index is 12.1. The number of nitrogens with zero attached hydrogens (tertiary/aromatic N) is 1. The van der Waals surface area contributed by atoms with Gasteiger partial charge in [0.05, 0.1) is 9.98 Å². The molecule has 1 unspecified atom stereocenters. The van der Waals surface area contributed by atoms with Crippen LogP contribution in [0.5, 0.6) is 0 Å². The van der Waals surface area contributed by atoms with Gasteiger partial charge in [0.25, 0.3) is 5.91 Å². The van der Waals surface area contributed by atoms with Gasteiger partial charge in [0, 0.05) is 7.11 Å². The molecule has 0 saturated carbocycles. The van der Waals surface area contributed by atoms with Crippen LogP contribution in [0, 0.1) is 0 Å². The molecule has 18 heavy (non-hydrogen) atoms. The summed E-state index contributed by atoms with van der Waals surface area (Å²) >= 11 is 4.65. The molecular formula is C12H11BrN2O2S. The summed E-state index contributed by atoms with van der Waals surface area (Å²) in [5.41, 5.74) is 0.813. The third kappa shape index (κ3) is 3.16. The molecule has 0 radical (unpaired) electrons. The van der Waals surface area contributed by atoms with Gasteiger partial charge in [-0.25, -0.2) is 4.98 Å². The molecule has 1 atom stereocenters. The Kier molecular flexibility index (Phi) is 4.46. The zero-order chi connectivity index (χ0) is 13.0. The second-order valence-electron chi connectivity index (χ2n) is 3.49. The number of thiazole rings is 1. The normalized spacial score (nSPS) is 12.1. The molecule has 1 aromatic heterocycles. The molecule has 0 bridgehead atoms. The van der Waals surface area contributed by atoms with Gasteiger partial charge < -0.3 is 4.74 Å². The molecule has 1 amide bonds. The summed E-state index contributed by atoms with van der Waals surface area (Å²) in [5.74, 6) is -0.231. The van der Waals surface area contributed by atoms with Crippen LogP contribution in [0.3, 0.4) is 0 Å². The van der Waals surface area contributed by atoms with E-state index in [2.05, 4.69) is 26.2 Å². The molecule has 1 heterocycles. The maximum atomic E-state index is 12.1. The fourth-order valence-electron chi connectivity index (χ4n) is 1.51. The van der Waals surface area contributed by atoms with E-state index in [9.17, 15) is 4.79 Å². The van der Waals surface area contributed by atoms with E-state index in [0.717, 1.165) is 9.35 Å². The highest BCUT2D eigenvalue weighted by Crippen LogP contribution is 2.25. The summed E-state index contributed by atoms with van der Waals surface area (Å²) in [6.45, 7) is 0. The van der Waals surface area contributed by atoms with Crippen molar-refractivity contribution < 1.29 is 9.53 Å². The first-order valence-corrected chi connectivity index (χ1v) is 6.81. The Morgan fingerprint density at radius 1 is 1.44 bits per heavy atom. The van der Waals surface area contributed by atoms with Crippen molar-refractivity contribution in [3.63, 3.8) is 0 Å². The standard InChI is InChI=1S/C12H11BrN2O2S/c1-17-10(8-5-3-2-4-6-8)11(16)15-12-14-7-9(13)18-12/h2-7,10H,1H3,(H,14,15,16). The van der Waals surface area contributed by atoms with Gasteiger partial charge in [-0.15, -0.1) is 0 Å². The van der Waals surface area contributed by atoms with Crippen LogP contribution in [-0.2, 0) is 9.53 Å². The van der Waals surface area contributed by atoms with Gasteiger partial charge >= 0.3 is 0 Å². The van der Waals surface area contributed by atoms with Crippen molar-refractivity contribution in [2.75, 3.05) is 12.4 Å². The van der Waals surface area contributed by atoms with Gasteiger partial charge in [-0.1, -0.05) is 41.7 Å². The van der Waals surface area contributed by atoms with Crippen LogP contribution in [0.15, 0.2) is 40.3 Å². The van der Waals surface area contributed by atoms with E-state index in [0.29, 0.717) is 5.13 Å². The number of ether oxygens (including phenoxy) is 1. The van der Waals surface area contributed by atoms with Crippen LogP contribution >= 0.6 is 27.3 Å². The number of hydrogen-bond acceptors (Lipinski definition) is 4. The molecule has 2 aromatic rings. The molecule has 0 aliphatic carbocycles. The van der Waals surface area contributed by atoms with Gasteiger partial charge in [-0.2, -0.15) is 0 Å². The molecule has 1 aromatic carbocycles. The van der Waals surface area contributed by atoms with Crippen LogP contribution in [0.2, 0.25) is 0 Å². The second kappa shape index (κ2) is 6.08. The number of hydrogen-bond donors (Lipinski definition) is 1. The van der Waals surface area contributed by atoms with Crippen LogP contribution < -0.4 is 5.32 Å². The SMILES string of the molecule is COC(C(=O)Nc1ncc(Br)s1)c1ccccc1. The zero-order valence-electron chi connectivity index (χ0n) is 9.59. The summed E-state index contributed by atoms with van der Waals surface area (Å²) in [5, 5.41) is 3.27. The van der Waals surface area contributed by atoms with E-state index in [-0.39, 0.29) is 5.91 Å². The minimum absolute atomic E-state index is 0.231. The lowest BCUT2D eigenvalue weighted by molar-refractivity contribution is -0.126. The van der Waals surface area contributed by atoms with E-state index in [4.69, 9.17) is 4.74 Å². The van der Waals surface area contributed by atoms with Crippen molar-refractivity contribution in [1.82, 2.24) is 4.98 Å². The highest BCUT2D eigenvalue weighted by Gasteiger charge is 2.20. The monoisotopic (exact) mass is 326 g/mol. The minimum Gasteiger partial charge on any atom is -0.367 e. The highest BCUT2D eigenvalue weighted by molar-refractivity contribution is 9.11. The summed E-state index contributed by atoms with van der Waals surface area (Å²) in [6.07, 6.45) is 1.01. The van der Waals surface area contributed by atoms with Crippen LogP contribution in [0.4, 0.5) is 5.13 Å². The number of methoxy groups -OCH3 is 1. The predicted octanol–water partition coefficient (Wildman–Crippen LogP) is 3.23. The van der Waals surface area contributed by atoms with Gasteiger partial charge in [0.1, 0.15) is 0 Å². The lowest BCUT2D eigenvalue weighted by Crippen LogP contribution is -2.22. The fourth-order valence-corrected chi connectivity index (χ4v) is 2.61. The third-order valence-electron chi connectivity index (χ3n) is 2.28. The molecular weight excluding hydrogens is 316 g/mol. The number of nitrogens with one attached hydrogen (secondary N) is 1. The van der Waals surface area contributed by atoms with E-state index < -0.39 is 6.10 Å². The zero-order valence-corrected chi connectivity index (χ0v) is 12.0. The molecule has 4 nitrogen and oxygen atoms in total. The summed E-state index contributed by atoms with van der Waals surface area (Å²) in [7, 11) is 1.51. The number of rotatable bonds is 4. The number of carbonyl (C=O) groups is 1. The first-order chi connectivity index (χ1) is 8.70. The topological polar surface area (TPSA) is 51.2 Å². The maximum Gasteiger partial charge on any atom is 0.259 e. The van der Waals surface area contributed by atoms with Gasteiger partial charge in [0.2, 0.25) is 0 Å². The van der Waals surface area contributed by atoms with Crippen molar-refractivity contribution in [3.8, 4) is 0 Å². The Balaban J connectivity index is 2.11. The van der Waals surface area contributed by atoms with Crippen LogP contribution in [0.1, 0.15) is 11.7 Å². The lowest BCUT2D eigenvalue weighted by atomic mass is 10.1. The van der Waals surface area contributed by atoms with Crippen LogP contribution in [0.25, 0.3) is 0 Å². The number of carbonyl (C=O) groups excluding carboxylic acids is 1. The second-order valence-corrected chi connectivity index (χ2v) is 5.90. The van der Waals surface area contributed by atoms with E-state index in [1.165, 1.54) is 18.4 Å². The Bertz CT molecular complexity index is 530. The first kappa shape index (κ1) is 13.2. The number of anilines is 1. The van der Waals surface area contributed by atoms with Crippen LogP contribution in [-0.4, -0.2) is 18.0 Å². The van der Waals surface area contributed by atoms with Gasteiger partial charge in [-0.05, 0) is 21.5 Å². The molecule has 2 rings (SSSR count). The average Bonchev–Trinajstić information content (AvgIpc) is 2.77. The molecule has 94 valence electrons. The number of halogens is 1. The Hall–Kier alpha value is -1.24. The smallest absolute Gasteiger partial charge is 0.259 e. The number of benzene rings is 1. The highest BCUT2D eigenvalue weighted by atomic mass is 79.9. The molecule has 0 aliphatic heterocycles. The molecule has 0 fully saturated rings. The molecule has 0 spiro atoms. The molecule has 0 aliphatic rings. The first-order valence-electron chi connectivity index (χ1n) is 5.20. The summed E-state index contributed by atoms with van der Waals surface area (Å²) in [6, 6.07) is 9.34. The molecule has 0 saturated heterocycles. The van der Waals surface area contributed by atoms with E-state index >= 15 is 0 Å². The van der Waals surface area contributed by atoms with E-state index in [1.807, 2.05) is 30.3 Å². The Morgan fingerprint density at radius 2 is 2.17 bits per heavy atom. The van der Waals surface area contributed by atoms with Crippen molar-refractivity contribution in [2.45, 2.75) is 6.10 Å². The quantitative estimate of drug-likeness (QED) is 0.938. The van der Waals surface area contributed by atoms with Crippen molar-refractivity contribution >= 4 is 38.3 Å². The summed E-state index contributed by atoms with van der Waals surface area (Å²) < 4.78 is 6.10. The number of aromatic nitrogens is 1. The third-order valence-corrected chi connectivity index (χ3v) is 3.68. The largest absolute Gasteiger partial charge is 0.367 e. The minimum atomic E-state index is -0.631. The average molecular weight is 327 g/mol. The van der Waals surface area contributed by atoms with E-state index in [1.54, 1.807) is 6.20 Å². The number of amides is 1. The molecule has 1 N–H and O–H groups in total. The molecule has 6 heteroatoms. The Morgan fingerprint density at radius 3 is 2.72 bits per heavy atom. The van der Waals surface area contributed by atoms with Crippen molar-refractivity contribution in [2.24, 2.45) is 0 Å². The lowest BCUT2D eigenvalue weighted by Gasteiger charge is -2.14. The van der Waals surface area contributed by atoms with Crippen molar-refractivity contribution in [3.05, 3.63) is 45.9 Å². The van der Waals surface area contributed by atoms with Crippen molar-refractivity contribution in [1.29, 1.82) is 0 Å².